The summed E-state index contributed by atoms with van der Waals surface area (Å²) in [5, 5.41) is 2.69. The van der Waals surface area contributed by atoms with Crippen LogP contribution in [0.2, 0.25) is 0 Å². The average Bonchev–Trinajstić information content (AvgIpc) is 2.94. The highest BCUT2D eigenvalue weighted by Crippen LogP contribution is 2.38. The second-order valence-electron chi connectivity index (χ2n) is 11.2. The Morgan fingerprint density at radius 3 is 2.24 bits per heavy atom. The monoisotopic (exact) mass is 571 g/mol. The molecule has 1 N–H and O–H groups in total. The summed E-state index contributed by atoms with van der Waals surface area (Å²) in [7, 11) is 4.38. The van der Waals surface area contributed by atoms with Crippen LogP contribution in [0, 0.1) is 26.7 Å². The lowest BCUT2D eigenvalue weighted by Crippen LogP contribution is -2.19. The quantitative estimate of drug-likeness (QED) is 0.184. The molecule has 1 aliphatic carbocycles. The zero-order valence-corrected chi connectivity index (χ0v) is 27.3. The molecule has 3 nitrogen and oxygen atoms in total. The third-order valence-corrected chi connectivity index (χ3v) is 8.41. The van der Waals surface area contributed by atoms with Gasteiger partial charge in [-0.2, -0.15) is 0 Å². The molecule has 0 aliphatic heterocycles. The van der Waals surface area contributed by atoms with Gasteiger partial charge < -0.3 is 10.1 Å². The summed E-state index contributed by atoms with van der Waals surface area (Å²) in [6, 6.07) is 19.7. The zero-order chi connectivity index (χ0) is 29.8. The van der Waals surface area contributed by atoms with E-state index < -0.39 is 0 Å². The summed E-state index contributed by atoms with van der Waals surface area (Å²) < 4.78 is 5.76. The summed E-state index contributed by atoms with van der Waals surface area (Å²) in [6.45, 7) is 11.8. The lowest BCUT2D eigenvalue weighted by molar-refractivity contribution is -0.116. The minimum absolute atomic E-state index is 0.00181. The first-order valence-electron chi connectivity index (χ1n) is 15.4. The summed E-state index contributed by atoms with van der Waals surface area (Å²) in [5.41, 5.74) is 11.9. The van der Waals surface area contributed by atoms with E-state index in [-0.39, 0.29) is 5.91 Å². The molecule has 3 aromatic rings. The Labute approximate surface area is 251 Å². The number of amides is 1. The Hall–Kier alpha value is -2.90. The highest BCUT2D eigenvalue weighted by molar-refractivity contribution is 7.16. The molecule has 1 aliphatic rings. The summed E-state index contributed by atoms with van der Waals surface area (Å²) in [6.07, 6.45) is 11.1. The second kappa shape index (κ2) is 16.5. The van der Waals surface area contributed by atoms with Gasteiger partial charge in [-0.25, -0.2) is 0 Å². The maximum atomic E-state index is 11.7. The van der Waals surface area contributed by atoms with Gasteiger partial charge in [0.05, 0.1) is 6.61 Å². The molecule has 1 atom stereocenters. The van der Waals surface area contributed by atoms with E-state index in [2.05, 4.69) is 104 Å². The Bertz CT molecular complexity index is 1280. The van der Waals surface area contributed by atoms with Crippen LogP contribution in [0.15, 0.2) is 60.7 Å². The Morgan fingerprint density at radius 2 is 1.71 bits per heavy atom. The number of rotatable bonds is 11. The first-order valence-corrected chi connectivity index (χ1v) is 16.2. The van der Waals surface area contributed by atoms with Crippen LogP contribution in [-0.4, -0.2) is 25.7 Å². The zero-order valence-electron chi connectivity index (χ0n) is 26.1. The van der Waals surface area contributed by atoms with Crippen LogP contribution in [0.3, 0.4) is 0 Å². The van der Waals surface area contributed by atoms with Crippen molar-refractivity contribution >= 4 is 20.7 Å². The minimum atomic E-state index is 0.00181. The van der Waals surface area contributed by atoms with Crippen molar-refractivity contribution in [3.8, 4) is 16.9 Å². The molecule has 220 valence electrons. The molecule has 0 spiro atoms. The number of carbonyl (C=O) groups excluding carboxylic acids is 1. The number of unbranched alkanes of at least 4 members (excludes halogenated alkanes) is 1. The molecule has 0 heterocycles. The van der Waals surface area contributed by atoms with Crippen molar-refractivity contribution in [3.05, 3.63) is 94.1 Å². The number of likely N-dealkylation sites (N-methyl/N-ethyl adjacent to an activating group) is 1. The molecule has 1 amide bonds. The Kier molecular flexibility index (Phi) is 13.1. The van der Waals surface area contributed by atoms with E-state index in [1.54, 1.807) is 13.1 Å². The summed E-state index contributed by atoms with van der Waals surface area (Å²) in [4.78, 5) is 11.7. The maximum absolute atomic E-state index is 11.7. The normalized spacial score (nSPS) is 13.2. The van der Waals surface area contributed by atoms with Crippen LogP contribution in [0.25, 0.3) is 16.7 Å². The van der Waals surface area contributed by atoms with Gasteiger partial charge in [-0.3, -0.25) is 4.79 Å². The summed E-state index contributed by atoms with van der Waals surface area (Å²) >= 11 is 0. The number of benzene rings is 3. The van der Waals surface area contributed by atoms with Crippen LogP contribution < -0.4 is 10.1 Å². The van der Waals surface area contributed by atoms with Gasteiger partial charge in [0.2, 0.25) is 5.91 Å². The first kappa shape index (κ1) is 32.6. The Balaban J connectivity index is 0.000000226. The van der Waals surface area contributed by atoms with E-state index in [0.29, 0.717) is 5.92 Å². The van der Waals surface area contributed by atoms with E-state index >= 15 is 0 Å². The van der Waals surface area contributed by atoms with Crippen molar-refractivity contribution in [1.82, 2.24) is 5.32 Å². The third kappa shape index (κ3) is 9.04. The largest absolute Gasteiger partial charge is 0.493 e. The standard InChI is InChI=1S/C19H25OP.C18H25NO/c1-5-16-7-6-8-18(15(16)4)19-13(2)11-17(12-14(19)3)20-9-10-21;1-3-4-6-14-9-11-16(12-10-14)17(13-18(20)19-2)15-7-5-8-15/h6-8,11-12H,5,9-10,21H2,1-4H3;9-13,15H,3-8H2,1-2H3,(H,19,20)/b;17-13+. The third-order valence-electron chi connectivity index (χ3n) is 8.17. The van der Waals surface area contributed by atoms with Crippen molar-refractivity contribution in [2.45, 2.75) is 79.6 Å². The molecule has 1 saturated carbocycles. The first-order chi connectivity index (χ1) is 19.8. The number of hydrogen-bond acceptors (Lipinski definition) is 2. The SMILES string of the molecule is CCCCc1ccc(/C(=C/C(=O)NC)C2CCC2)cc1.CCc1cccc(-c2c(C)cc(OCCP)cc2C)c1C. The van der Waals surface area contributed by atoms with E-state index in [4.69, 9.17) is 4.74 Å². The fraction of sp³-hybridized carbons (Fsp3) is 0.432. The molecule has 0 aromatic heterocycles. The van der Waals surface area contributed by atoms with Crippen LogP contribution in [0.1, 0.15) is 79.3 Å². The van der Waals surface area contributed by atoms with Crippen LogP contribution in [-0.2, 0) is 17.6 Å². The fourth-order valence-corrected chi connectivity index (χ4v) is 5.68. The number of nitrogens with one attached hydrogen (secondary N) is 1. The van der Waals surface area contributed by atoms with Gasteiger partial charge in [0.25, 0.3) is 0 Å². The van der Waals surface area contributed by atoms with Crippen LogP contribution >= 0.6 is 9.24 Å². The highest BCUT2D eigenvalue weighted by atomic mass is 31.0. The van der Waals surface area contributed by atoms with Gasteiger partial charge >= 0.3 is 0 Å². The Morgan fingerprint density at radius 1 is 1.02 bits per heavy atom. The molecule has 0 saturated heterocycles. The molecule has 3 aromatic carbocycles. The molecule has 4 heteroatoms. The number of hydrogen-bond donors (Lipinski definition) is 1. The predicted octanol–water partition coefficient (Wildman–Crippen LogP) is 9.05. The van der Waals surface area contributed by atoms with Crippen molar-refractivity contribution in [3.63, 3.8) is 0 Å². The van der Waals surface area contributed by atoms with Crippen molar-refractivity contribution in [2.75, 3.05) is 19.8 Å². The van der Waals surface area contributed by atoms with Gasteiger partial charge in [-0.05, 0) is 127 Å². The smallest absolute Gasteiger partial charge is 0.244 e. The van der Waals surface area contributed by atoms with Gasteiger partial charge in [-0.1, -0.05) is 69.2 Å². The second-order valence-corrected chi connectivity index (χ2v) is 11.7. The van der Waals surface area contributed by atoms with Crippen LogP contribution in [0.4, 0.5) is 0 Å². The molecule has 4 rings (SSSR count). The van der Waals surface area contributed by atoms with E-state index in [9.17, 15) is 4.79 Å². The molecule has 1 fully saturated rings. The number of ether oxygens (including phenoxy) is 1. The fourth-order valence-electron chi connectivity index (χ4n) is 5.56. The molecule has 0 radical (unpaired) electrons. The topological polar surface area (TPSA) is 38.3 Å². The average molecular weight is 572 g/mol. The van der Waals surface area contributed by atoms with Crippen molar-refractivity contribution < 1.29 is 9.53 Å². The molecule has 1 unspecified atom stereocenters. The molecule has 41 heavy (non-hydrogen) atoms. The molecular weight excluding hydrogens is 521 g/mol. The van der Waals surface area contributed by atoms with Crippen molar-refractivity contribution in [1.29, 1.82) is 0 Å². The number of allylic oxidation sites excluding steroid dienone is 1. The van der Waals surface area contributed by atoms with Crippen molar-refractivity contribution in [2.24, 2.45) is 5.92 Å². The van der Waals surface area contributed by atoms with Gasteiger partial charge in [-0.15, -0.1) is 9.24 Å². The molecule has 0 bridgehead atoms. The highest BCUT2D eigenvalue weighted by Gasteiger charge is 2.23. The number of carbonyl (C=O) groups is 1. The van der Waals surface area contributed by atoms with Gasteiger partial charge in [0.15, 0.2) is 0 Å². The maximum Gasteiger partial charge on any atom is 0.244 e. The lowest BCUT2D eigenvalue weighted by atomic mass is 9.76. The summed E-state index contributed by atoms with van der Waals surface area (Å²) in [5.74, 6) is 1.54. The predicted molar refractivity (Wildman–Crippen MR) is 180 cm³/mol. The van der Waals surface area contributed by atoms with Gasteiger partial charge in [0, 0.05) is 13.1 Å². The van der Waals surface area contributed by atoms with Crippen LogP contribution in [0.5, 0.6) is 5.75 Å². The van der Waals surface area contributed by atoms with E-state index in [1.165, 1.54) is 82.2 Å². The van der Waals surface area contributed by atoms with E-state index in [1.807, 2.05) is 0 Å². The number of aryl methyl sites for hydroxylation is 4. The minimum Gasteiger partial charge on any atom is -0.493 e. The molecular formula is C37H50NO2P. The van der Waals surface area contributed by atoms with E-state index in [0.717, 1.165) is 31.4 Å². The lowest BCUT2D eigenvalue weighted by Gasteiger charge is -2.28. The van der Waals surface area contributed by atoms with Gasteiger partial charge in [0.1, 0.15) is 5.75 Å².